The van der Waals surface area contributed by atoms with Crippen LogP contribution in [0.1, 0.15) is 0 Å². The Morgan fingerprint density at radius 3 is 2.89 bits per heavy atom. The summed E-state index contributed by atoms with van der Waals surface area (Å²) in [5, 5.41) is 0. The fourth-order valence-corrected chi connectivity index (χ4v) is 1.30. The molecule has 0 bridgehead atoms. The summed E-state index contributed by atoms with van der Waals surface area (Å²) in [6.07, 6.45) is 6.04. The molecule has 2 N–H and O–H groups in total. The van der Waals surface area contributed by atoms with E-state index in [-0.39, 0.29) is 6.17 Å². The minimum atomic E-state index is 0.0654. The number of hydrogen-bond donors (Lipinski definition) is 1. The lowest BCUT2D eigenvalue weighted by atomic mass is 10.3. The second kappa shape index (κ2) is 2.70. The van der Waals surface area contributed by atoms with Gasteiger partial charge in [0.05, 0.1) is 0 Å². The number of halogens is 1. The van der Waals surface area contributed by atoms with E-state index in [2.05, 4.69) is 22.6 Å². The summed E-state index contributed by atoms with van der Waals surface area (Å²) in [7, 11) is 1.97. The third-order valence-electron chi connectivity index (χ3n) is 1.30. The van der Waals surface area contributed by atoms with Crippen molar-refractivity contribution in [2.75, 3.05) is 7.05 Å². The molecule has 0 saturated heterocycles. The number of allylic oxidation sites excluding steroid dienone is 2. The molecule has 1 atom stereocenters. The molecule has 1 unspecified atom stereocenters. The van der Waals surface area contributed by atoms with Gasteiger partial charge in [0.25, 0.3) is 0 Å². The summed E-state index contributed by atoms with van der Waals surface area (Å²) in [4.78, 5) is 1.97. The summed E-state index contributed by atoms with van der Waals surface area (Å²) >= 11 is 2.24. The Morgan fingerprint density at radius 2 is 2.44 bits per heavy atom. The Morgan fingerprint density at radius 1 is 1.78 bits per heavy atom. The Kier molecular flexibility index (Phi) is 2.13. The lowest BCUT2D eigenvalue weighted by molar-refractivity contribution is 0.386. The number of nitrogens with zero attached hydrogens (tertiary/aromatic N) is 1. The molecule has 1 rings (SSSR count). The maximum Gasteiger partial charge on any atom is 0.108 e. The molecule has 1 aliphatic rings. The highest BCUT2D eigenvalue weighted by Crippen LogP contribution is 2.16. The Labute approximate surface area is 68.5 Å². The van der Waals surface area contributed by atoms with Crippen molar-refractivity contribution in [1.82, 2.24) is 4.90 Å². The molecule has 0 aliphatic carbocycles. The summed E-state index contributed by atoms with van der Waals surface area (Å²) < 4.78 is 1.18. The molecule has 0 fully saturated rings. The maximum absolute atomic E-state index is 5.72. The topological polar surface area (TPSA) is 29.3 Å². The second-order valence-corrected chi connectivity index (χ2v) is 3.25. The Bertz CT molecular complexity index is 162. The van der Waals surface area contributed by atoms with Gasteiger partial charge in [0.2, 0.25) is 0 Å². The summed E-state index contributed by atoms with van der Waals surface area (Å²) in [6, 6.07) is 0. The molecule has 1 aliphatic heterocycles. The normalized spacial score (nSPS) is 26.3. The third kappa shape index (κ3) is 1.46. The van der Waals surface area contributed by atoms with Gasteiger partial charge in [0.15, 0.2) is 0 Å². The number of hydrogen-bond acceptors (Lipinski definition) is 2. The number of likely N-dealkylation sites (N-methyl/N-ethyl adjacent to an activating group) is 1. The van der Waals surface area contributed by atoms with Gasteiger partial charge in [-0.05, 0) is 34.7 Å². The lowest BCUT2D eigenvalue weighted by Gasteiger charge is -2.24. The zero-order valence-electron chi connectivity index (χ0n) is 5.21. The van der Waals surface area contributed by atoms with Gasteiger partial charge in [-0.15, -0.1) is 0 Å². The van der Waals surface area contributed by atoms with Crippen molar-refractivity contribution in [3.63, 3.8) is 0 Å². The molecule has 3 heteroatoms. The van der Waals surface area contributed by atoms with Gasteiger partial charge in [-0.3, -0.25) is 0 Å². The smallest absolute Gasteiger partial charge is 0.108 e. The Balaban J connectivity index is 2.73. The zero-order chi connectivity index (χ0) is 6.85. The largest absolute Gasteiger partial charge is 0.361 e. The maximum atomic E-state index is 5.72. The second-order valence-electron chi connectivity index (χ2n) is 2.00. The van der Waals surface area contributed by atoms with Gasteiger partial charge in [0, 0.05) is 16.8 Å². The molecule has 2 nitrogen and oxygen atoms in total. The van der Waals surface area contributed by atoms with Crippen molar-refractivity contribution in [3.05, 3.63) is 21.9 Å². The molecular weight excluding hydrogens is 227 g/mol. The fraction of sp³-hybridized carbons (Fsp3) is 0.333. The monoisotopic (exact) mass is 236 g/mol. The van der Waals surface area contributed by atoms with Crippen molar-refractivity contribution in [2.45, 2.75) is 6.17 Å². The molecular formula is C6H9IN2. The van der Waals surface area contributed by atoms with Crippen molar-refractivity contribution in [3.8, 4) is 0 Å². The van der Waals surface area contributed by atoms with Crippen LogP contribution in [0, 0.1) is 0 Å². The highest BCUT2D eigenvalue weighted by Gasteiger charge is 2.10. The number of nitrogens with two attached hydrogens (primary N) is 1. The molecule has 0 aromatic heterocycles. The highest BCUT2D eigenvalue weighted by molar-refractivity contribution is 14.1. The molecule has 0 spiro atoms. The van der Waals surface area contributed by atoms with Crippen LogP contribution >= 0.6 is 22.6 Å². The van der Waals surface area contributed by atoms with Gasteiger partial charge in [-0.25, -0.2) is 0 Å². The van der Waals surface area contributed by atoms with Gasteiger partial charge in [0.1, 0.15) is 6.17 Å². The van der Waals surface area contributed by atoms with E-state index in [1.165, 1.54) is 3.58 Å². The minimum Gasteiger partial charge on any atom is -0.361 e. The predicted molar refractivity (Wildman–Crippen MR) is 47.0 cm³/mol. The van der Waals surface area contributed by atoms with E-state index < -0.39 is 0 Å². The fourth-order valence-electron chi connectivity index (χ4n) is 0.657. The van der Waals surface area contributed by atoms with Crippen LogP contribution in [0.5, 0.6) is 0 Å². The van der Waals surface area contributed by atoms with Gasteiger partial charge in [-0.2, -0.15) is 0 Å². The van der Waals surface area contributed by atoms with Crippen LogP contribution < -0.4 is 5.73 Å². The van der Waals surface area contributed by atoms with Crippen molar-refractivity contribution in [2.24, 2.45) is 5.73 Å². The Hall–Kier alpha value is -0.0300. The summed E-state index contributed by atoms with van der Waals surface area (Å²) in [5.74, 6) is 0. The van der Waals surface area contributed by atoms with Crippen molar-refractivity contribution >= 4 is 22.6 Å². The molecule has 0 radical (unpaired) electrons. The van der Waals surface area contributed by atoms with Gasteiger partial charge >= 0.3 is 0 Å². The van der Waals surface area contributed by atoms with E-state index in [1.54, 1.807) is 0 Å². The first-order chi connectivity index (χ1) is 4.22. The average Bonchev–Trinajstić information content (AvgIpc) is 1.83. The lowest BCUT2D eigenvalue weighted by Crippen LogP contribution is -2.36. The van der Waals surface area contributed by atoms with Crippen LogP contribution in [-0.2, 0) is 0 Å². The minimum absolute atomic E-state index is 0.0654. The molecule has 0 aromatic rings. The molecule has 9 heavy (non-hydrogen) atoms. The van der Waals surface area contributed by atoms with E-state index in [4.69, 9.17) is 5.73 Å². The van der Waals surface area contributed by atoms with Crippen LogP contribution in [0.25, 0.3) is 0 Å². The van der Waals surface area contributed by atoms with Crippen molar-refractivity contribution < 1.29 is 0 Å². The first-order valence-electron chi connectivity index (χ1n) is 2.73. The van der Waals surface area contributed by atoms with E-state index in [0.29, 0.717) is 0 Å². The van der Waals surface area contributed by atoms with Crippen LogP contribution in [0.4, 0.5) is 0 Å². The summed E-state index contributed by atoms with van der Waals surface area (Å²) in [5.41, 5.74) is 5.72. The van der Waals surface area contributed by atoms with E-state index in [0.717, 1.165) is 0 Å². The zero-order valence-corrected chi connectivity index (χ0v) is 7.37. The van der Waals surface area contributed by atoms with Crippen LogP contribution in [-0.4, -0.2) is 18.1 Å². The number of rotatable bonds is 0. The van der Waals surface area contributed by atoms with Crippen LogP contribution in [0.15, 0.2) is 21.9 Å². The standard InChI is InChI=1S/C6H9IN2/c1-9-4-2-3-5(7)6(9)8/h2-4,6H,8H2,1H3. The first kappa shape index (κ1) is 7.08. The molecule has 50 valence electrons. The average molecular weight is 236 g/mol. The first-order valence-corrected chi connectivity index (χ1v) is 3.81. The molecule has 0 aromatic carbocycles. The molecule has 0 saturated carbocycles. The molecule has 0 amide bonds. The quantitative estimate of drug-likeness (QED) is 0.637. The summed E-state index contributed by atoms with van der Waals surface area (Å²) in [6.45, 7) is 0. The SMILES string of the molecule is CN1C=CC=C(I)C1N. The van der Waals surface area contributed by atoms with Gasteiger partial charge < -0.3 is 10.6 Å². The predicted octanol–water partition coefficient (Wildman–Crippen LogP) is 1.05. The third-order valence-corrected chi connectivity index (χ3v) is 2.30. The van der Waals surface area contributed by atoms with Crippen LogP contribution in [0.2, 0.25) is 0 Å². The van der Waals surface area contributed by atoms with E-state index >= 15 is 0 Å². The van der Waals surface area contributed by atoms with Crippen molar-refractivity contribution in [1.29, 1.82) is 0 Å². The van der Waals surface area contributed by atoms with E-state index in [9.17, 15) is 0 Å². The van der Waals surface area contributed by atoms with E-state index in [1.807, 2.05) is 30.3 Å². The van der Waals surface area contributed by atoms with Crippen LogP contribution in [0.3, 0.4) is 0 Å². The van der Waals surface area contributed by atoms with Gasteiger partial charge in [-0.1, -0.05) is 0 Å². The highest BCUT2D eigenvalue weighted by atomic mass is 127. The molecule has 1 heterocycles.